The molecule has 0 unspecified atom stereocenters. The van der Waals surface area contributed by atoms with Crippen LogP contribution in [0.3, 0.4) is 0 Å². The number of methoxy groups -OCH3 is 1. The molecule has 0 atom stereocenters. The highest BCUT2D eigenvalue weighted by molar-refractivity contribution is 5.81. The second-order valence-electron chi connectivity index (χ2n) is 6.19. The summed E-state index contributed by atoms with van der Waals surface area (Å²) in [5.41, 5.74) is 3.96. The third-order valence-electron chi connectivity index (χ3n) is 3.32. The third-order valence-corrected chi connectivity index (χ3v) is 3.32. The Balaban J connectivity index is 2.31. The summed E-state index contributed by atoms with van der Waals surface area (Å²) in [4.78, 5) is 34.7. The summed E-state index contributed by atoms with van der Waals surface area (Å²) in [6.07, 6.45) is 1.75. The zero-order chi connectivity index (χ0) is 16.0. The van der Waals surface area contributed by atoms with Crippen LogP contribution in [0.25, 0.3) is 0 Å². The number of carbonyl (C=O) groups is 3. The van der Waals surface area contributed by atoms with Crippen molar-refractivity contribution in [1.82, 2.24) is 10.9 Å². The molecule has 0 aliphatic heterocycles. The molecular formula is C14H24N2O5. The molecule has 1 rings (SSSR count). The maximum absolute atomic E-state index is 11.9. The number of esters is 1. The molecule has 7 heteroatoms. The second kappa shape index (κ2) is 7.28. The topological polar surface area (TPSA) is 93.7 Å². The van der Waals surface area contributed by atoms with Crippen molar-refractivity contribution >= 4 is 18.0 Å². The van der Waals surface area contributed by atoms with Gasteiger partial charge in [0.1, 0.15) is 5.60 Å². The van der Waals surface area contributed by atoms with Crippen molar-refractivity contribution in [1.29, 1.82) is 0 Å². The van der Waals surface area contributed by atoms with E-state index in [1.807, 2.05) is 0 Å². The van der Waals surface area contributed by atoms with Crippen molar-refractivity contribution in [2.75, 3.05) is 7.11 Å². The largest absolute Gasteiger partial charge is 0.469 e. The SMILES string of the molecule is COC(=O)C1CCC(C(=O)NNC(=O)OC(C)(C)C)CC1. The Morgan fingerprint density at radius 3 is 1.95 bits per heavy atom. The predicted molar refractivity (Wildman–Crippen MR) is 75.0 cm³/mol. The van der Waals surface area contributed by atoms with Crippen LogP contribution in [-0.2, 0) is 19.1 Å². The zero-order valence-electron chi connectivity index (χ0n) is 13.0. The maximum atomic E-state index is 11.9. The molecule has 7 nitrogen and oxygen atoms in total. The quantitative estimate of drug-likeness (QED) is 0.595. The molecule has 1 aliphatic carbocycles. The highest BCUT2D eigenvalue weighted by atomic mass is 16.6. The van der Waals surface area contributed by atoms with E-state index in [-0.39, 0.29) is 23.7 Å². The lowest BCUT2D eigenvalue weighted by atomic mass is 9.82. The first kappa shape index (κ1) is 17.3. The Morgan fingerprint density at radius 2 is 1.48 bits per heavy atom. The van der Waals surface area contributed by atoms with Crippen LogP contribution in [0.2, 0.25) is 0 Å². The van der Waals surface area contributed by atoms with E-state index >= 15 is 0 Å². The molecule has 0 aromatic rings. The van der Waals surface area contributed by atoms with E-state index in [9.17, 15) is 14.4 Å². The molecule has 1 fully saturated rings. The van der Waals surface area contributed by atoms with Crippen LogP contribution in [0.5, 0.6) is 0 Å². The van der Waals surface area contributed by atoms with Gasteiger partial charge in [0.15, 0.2) is 0 Å². The molecule has 1 saturated carbocycles. The van der Waals surface area contributed by atoms with Gasteiger partial charge in [0.25, 0.3) is 0 Å². The van der Waals surface area contributed by atoms with Gasteiger partial charge in [-0.15, -0.1) is 0 Å². The van der Waals surface area contributed by atoms with Crippen molar-refractivity contribution < 1.29 is 23.9 Å². The number of ether oxygens (including phenoxy) is 2. The van der Waals surface area contributed by atoms with Crippen molar-refractivity contribution in [2.24, 2.45) is 11.8 Å². The van der Waals surface area contributed by atoms with Crippen LogP contribution >= 0.6 is 0 Å². The average molecular weight is 300 g/mol. The fraction of sp³-hybridized carbons (Fsp3) is 0.786. The number of hydrogen-bond donors (Lipinski definition) is 2. The molecular weight excluding hydrogens is 276 g/mol. The number of amides is 2. The minimum atomic E-state index is -0.695. The van der Waals surface area contributed by atoms with E-state index in [0.29, 0.717) is 25.7 Å². The fourth-order valence-electron chi connectivity index (χ4n) is 2.28. The Bertz CT molecular complexity index is 395. The maximum Gasteiger partial charge on any atom is 0.426 e. The van der Waals surface area contributed by atoms with Gasteiger partial charge in [0, 0.05) is 5.92 Å². The van der Waals surface area contributed by atoms with Crippen molar-refractivity contribution in [2.45, 2.75) is 52.1 Å². The second-order valence-corrected chi connectivity index (χ2v) is 6.19. The Labute approximate surface area is 124 Å². The van der Waals surface area contributed by atoms with Gasteiger partial charge in [0.05, 0.1) is 13.0 Å². The lowest BCUT2D eigenvalue weighted by Crippen LogP contribution is -2.47. The standard InChI is InChI=1S/C14H24N2O5/c1-14(2,3)21-13(19)16-15-11(17)9-5-7-10(8-6-9)12(18)20-4/h9-10H,5-8H2,1-4H3,(H,15,17)(H,16,19). The Kier molecular flexibility index (Phi) is 5.99. The smallest absolute Gasteiger partial charge is 0.426 e. The van der Waals surface area contributed by atoms with E-state index in [2.05, 4.69) is 10.9 Å². The lowest BCUT2D eigenvalue weighted by molar-refractivity contribution is -0.147. The average Bonchev–Trinajstić information content (AvgIpc) is 2.42. The first-order valence-electron chi connectivity index (χ1n) is 7.09. The first-order valence-corrected chi connectivity index (χ1v) is 7.09. The molecule has 0 aromatic carbocycles. The fourth-order valence-corrected chi connectivity index (χ4v) is 2.28. The Hall–Kier alpha value is -1.79. The molecule has 0 radical (unpaired) electrons. The number of hydrogen-bond acceptors (Lipinski definition) is 5. The monoisotopic (exact) mass is 300 g/mol. The third kappa shape index (κ3) is 6.01. The van der Waals surface area contributed by atoms with Gasteiger partial charge in [-0.05, 0) is 46.5 Å². The molecule has 1 aliphatic rings. The van der Waals surface area contributed by atoms with Gasteiger partial charge < -0.3 is 9.47 Å². The molecule has 0 heterocycles. The molecule has 2 amide bonds. The number of rotatable bonds is 2. The van der Waals surface area contributed by atoms with Crippen molar-refractivity contribution in [3.8, 4) is 0 Å². The molecule has 0 spiro atoms. The number of nitrogens with one attached hydrogen (secondary N) is 2. The summed E-state index contributed by atoms with van der Waals surface area (Å²) >= 11 is 0. The van der Waals surface area contributed by atoms with Crippen LogP contribution in [0.4, 0.5) is 4.79 Å². The number of carbonyl (C=O) groups excluding carboxylic acids is 3. The van der Waals surface area contributed by atoms with E-state index in [1.54, 1.807) is 20.8 Å². The van der Waals surface area contributed by atoms with Gasteiger partial charge in [-0.25, -0.2) is 10.2 Å². The first-order chi connectivity index (χ1) is 9.73. The highest BCUT2D eigenvalue weighted by Crippen LogP contribution is 2.29. The summed E-state index contributed by atoms with van der Waals surface area (Å²) in [5, 5.41) is 0. The summed E-state index contributed by atoms with van der Waals surface area (Å²) in [5.74, 6) is -0.816. The van der Waals surface area contributed by atoms with E-state index in [0.717, 1.165) is 0 Å². The minimum absolute atomic E-state index is 0.127. The summed E-state index contributed by atoms with van der Waals surface area (Å²) in [7, 11) is 1.37. The normalized spacial score (nSPS) is 22.1. The van der Waals surface area contributed by atoms with E-state index < -0.39 is 11.7 Å². The lowest BCUT2D eigenvalue weighted by Gasteiger charge is -2.26. The molecule has 21 heavy (non-hydrogen) atoms. The summed E-state index contributed by atoms with van der Waals surface area (Å²) < 4.78 is 9.71. The van der Waals surface area contributed by atoms with Crippen LogP contribution in [-0.4, -0.2) is 30.7 Å². The minimum Gasteiger partial charge on any atom is -0.469 e. The van der Waals surface area contributed by atoms with Gasteiger partial charge in [-0.3, -0.25) is 15.0 Å². The summed E-state index contributed by atoms with van der Waals surface area (Å²) in [6, 6.07) is 0. The Morgan fingerprint density at radius 1 is 0.952 bits per heavy atom. The van der Waals surface area contributed by atoms with Crippen molar-refractivity contribution in [3.05, 3.63) is 0 Å². The van der Waals surface area contributed by atoms with Crippen LogP contribution in [0, 0.1) is 11.8 Å². The molecule has 2 N–H and O–H groups in total. The van der Waals surface area contributed by atoms with Gasteiger partial charge >= 0.3 is 12.1 Å². The highest BCUT2D eigenvalue weighted by Gasteiger charge is 2.30. The van der Waals surface area contributed by atoms with Crippen LogP contribution in [0.1, 0.15) is 46.5 Å². The molecule has 0 aromatic heterocycles. The van der Waals surface area contributed by atoms with Gasteiger partial charge in [0.2, 0.25) is 5.91 Å². The van der Waals surface area contributed by atoms with Crippen LogP contribution in [0.15, 0.2) is 0 Å². The zero-order valence-corrected chi connectivity index (χ0v) is 13.0. The number of hydrazine groups is 1. The van der Waals surface area contributed by atoms with Gasteiger partial charge in [-0.2, -0.15) is 0 Å². The molecule has 120 valence electrons. The summed E-state index contributed by atoms with van der Waals surface area (Å²) in [6.45, 7) is 5.22. The van der Waals surface area contributed by atoms with Gasteiger partial charge in [-0.1, -0.05) is 0 Å². The van der Waals surface area contributed by atoms with Crippen molar-refractivity contribution in [3.63, 3.8) is 0 Å². The molecule has 0 saturated heterocycles. The van der Waals surface area contributed by atoms with E-state index in [1.165, 1.54) is 7.11 Å². The van der Waals surface area contributed by atoms with Crippen LogP contribution < -0.4 is 10.9 Å². The predicted octanol–water partition coefficient (Wildman–Crippen LogP) is 1.52. The van der Waals surface area contributed by atoms with E-state index in [4.69, 9.17) is 9.47 Å². The molecule has 0 bridgehead atoms.